The number of nitrogens with one attached hydrogen (secondary N) is 1. The summed E-state index contributed by atoms with van der Waals surface area (Å²) in [6.45, 7) is 0.466. The lowest BCUT2D eigenvalue weighted by Gasteiger charge is -2.02. The molecule has 15 heavy (non-hydrogen) atoms. The maximum atomic E-state index is 11.0. The minimum absolute atomic E-state index is 0.0295. The normalized spacial score (nSPS) is 8.93. The minimum Gasteiger partial charge on any atom is -0.392 e. The van der Waals surface area contributed by atoms with Crippen LogP contribution in [0.2, 0.25) is 0 Å². The van der Waals surface area contributed by atoms with Crippen LogP contribution in [0, 0.1) is 10.8 Å². The molecule has 0 atom stereocenters. The van der Waals surface area contributed by atoms with Crippen LogP contribution < -0.4 is 5.32 Å². The van der Waals surface area contributed by atoms with Gasteiger partial charge in [0.2, 0.25) is 0 Å². The van der Waals surface area contributed by atoms with E-state index in [-0.39, 0.29) is 12.5 Å². The molecule has 1 rings (SSSR count). The summed E-state index contributed by atoms with van der Waals surface area (Å²) < 4.78 is 0. The van der Waals surface area contributed by atoms with Gasteiger partial charge < -0.3 is 10.4 Å². The van der Waals surface area contributed by atoms with Gasteiger partial charge in [0, 0.05) is 28.4 Å². The zero-order chi connectivity index (χ0) is 11.1. The SMILES string of the molecule is O=C(C#CBr)NCc1ccc(CO)cc1. The second kappa shape index (κ2) is 6.23. The Morgan fingerprint density at radius 1 is 1.33 bits per heavy atom. The third-order valence-corrected chi connectivity index (χ3v) is 2.02. The van der Waals surface area contributed by atoms with Gasteiger partial charge in [-0.15, -0.1) is 0 Å². The summed E-state index contributed by atoms with van der Waals surface area (Å²) in [6, 6.07) is 7.34. The van der Waals surface area contributed by atoms with E-state index in [9.17, 15) is 4.79 Å². The van der Waals surface area contributed by atoms with Crippen molar-refractivity contribution in [1.82, 2.24) is 5.32 Å². The van der Waals surface area contributed by atoms with Gasteiger partial charge in [0.1, 0.15) is 0 Å². The Morgan fingerprint density at radius 3 is 2.47 bits per heavy atom. The number of aliphatic hydroxyl groups excluding tert-OH is 1. The van der Waals surface area contributed by atoms with Gasteiger partial charge in [-0.2, -0.15) is 0 Å². The second-order valence-electron chi connectivity index (χ2n) is 2.88. The summed E-state index contributed by atoms with van der Waals surface area (Å²) in [5.41, 5.74) is 1.82. The average molecular weight is 268 g/mol. The Hall–Kier alpha value is -1.31. The largest absolute Gasteiger partial charge is 0.392 e. The van der Waals surface area contributed by atoms with Crippen molar-refractivity contribution in [2.75, 3.05) is 0 Å². The molecule has 78 valence electrons. The molecular formula is C11H10BrNO2. The van der Waals surface area contributed by atoms with Crippen molar-refractivity contribution >= 4 is 21.8 Å². The van der Waals surface area contributed by atoms with Gasteiger partial charge in [-0.25, -0.2) is 0 Å². The van der Waals surface area contributed by atoms with Crippen molar-refractivity contribution in [2.45, 2.75) is 13.2 Å². The molecule has 0 heterocycles. The number of hydrogen-bond donors (Lipinski definition) is 2. The van der Waals surface area contributed by atoms with Crippen molar-refractivity contribution in [3.05, 3.63) is 35.4 Å². The zero-order valence-corrected chi connectivity index (χ0v) is 9.54. The predicted molar refractivity (Wildman–Crippen MR) is 60.9 cm³/mol. The summed E-state index contributed by atoms with van der Waals surface area (Å²) >= 11 is 2.85. The Kier molecular flexibility index (Phi) is 4.88. The molecule has 2 N–H and O–H groups in total. The van der Waals surface area contributed by atoms with Crippen LogP contribution in [0.5, 0.6) is 0 Å². The smallest absolute Gasteiger partial charge is 0.297 e. The fraction of sp³-hybridized carbons (Fsp3) is 0.182. The number of carbonyl (C=O) groups is 1. The van der Waals surface area contributed by atoms with Gasteiger partial charge in [-0.1, -0.05) is 24.3 Å². The molecule has 0 aromatic heterocycles. The van der Waals surface area contributed by atoms with Gasteiger partial charge in [0.25, 0.3) is 5.91 Å². The molecule has 0 aliphatic carbocycles. The highest BCUT2D eigenvalue weighted by Crippen LogP contribution is 2.03. The molecule has 0 fully saturated rings. The van der Waals surface area contributed by atoms with Gasteiger partial charge in [0.05, 0.1) is 6.61 Å². The number of rotatable bonds is 3. The van der Waals surface area contributed by atoms with Gasteiger partial charge >= 0.3 is 0 Å². The zero-order valence-electron chi connectivity index (χ0n) is 7.96. The highest BCUT2D eigenvalue weighted by atomic mass is 79.9. The lowest BCUT2D eigenvalue weighted by atomic mass is 10.1. The van der Waals surface area contributed by atoms with Crippen LogP contribution in [0.15, 0.2) is 24.3 Å². The number of halogens is 1. The fourth-order valence-corrected chi connectivity index (χ4v) is 1.21. The quantitative estimate of drug-likeness (QED) is 0.808. The molecule has 1 aromatic rings. The lowest BCUT2D eigenvalue weighted by Crippen LogP contribution is -2.20. The first-order valence-corrected chi connectivity index (χ1v) is 5.13. The van der Waals surface area contributed by atoms with E-state index in [4.69, 9.17) is 5.11 Å². The molecule has 0 aliphatic rings. The molecule has 1 amide bonds. The predicted octanol–water partition coefficient (Wildman–Crippen LogP) is 1.15. The van der Waals surface area contributed by atoms with Gasteiger partial charge in [-0.05, 0) is 16.0 Å². The van der Waals surface area contributed by atoms with Crippen LogP contribution in [-0.4, -0.2) is 11.0 Å². The van der Waals surface area contributed by atoms with Crippen molar-refractivity contribution in [2.24, 2.45) is 0 Å². The summed E-state index contributed by atoms with van der Waals surface area (Å²) in [7, 11) is 0. The summed E-state index contributed by atoms with van der Waals surface area (Å²) in [5, 5.41) is 11.5. The van der Waals surface area contributed by atoms with E-state index < -0.39 is 0 Å². The van der Waals surface area contributed by atoms with Gasteiger partial charge in [0.15, 0.2) is 0 Å². The van der Waals surface area contributed by atoms with Crippen LogP contribution in [0.25, 0.3) is 0 Å². The van der Waals surface area contributed by atoms with E-state index in [1.807, 2.05) is 24.3 Å². The van der Waals surface area contributed by atoms with Crippen LogP contribution in [0.4, 0.5) is 0 Å². The third kappa shape index (κ3) is 4.15. The van der Waals surface area contributed by atoms with E-state index in [0.717, 1.165) is 11.1 Å². The molecule has 3 nitrogen and oxygen atoms in total. The maximum Gasteiger partial charge on any atom is 0.297 e. The fourth-order valence-electron chi connectivity index (χ4n) is 1.03. The van der Waals surface area contributed by atoms with Gasteiger partial charge in [-0.3, -0.25) is 4.79 Å². The molecular weight excluding hydrogens is 258 g/mol. The number of benzene rings is 1. The number of carbonyl (C=O) groups excluding carboxylic acids is 1. The summed E-state index contributed by atoms with van der Waals surface area (Å²) in [6.07, 6.45) is 0. The van der Waals surface area contributed by atoms with E-state index in [1.165, 1.54) is 0 Å². The summed E-state index contributed by atoms with van der Waals surface area (Å²) in [5.74, 6) is 1.99. The monoisotopic (exact) mass is 267 g/mol. The lowest BCUT2D eigenvalue weighted by molar-refractivity contribution is -0.115. The highest BCUT2D eigenvalue weighted by molar-refractivity contribution is 9.12. The minimum atomic E-state index is -0.321. The molecule has 0 saturated carbocycles. The standard InChI is InChI=1S/C11H10BrNO2/c12-6-5-11(15)13-7-9-1-3-10(8-14)4-2-9/h1-4,14H,7-8H2,(H,13,15). The topological polar surface area (TPSA) is 49.3 Å². The first-order chi connectivity index (χ1) is 7.26. The van der Waals surface area contributed by atoms with E-state index in [2.05, 4.69) is 32.0 Å². The first kappa shape index (κ1) is 11.8. The van der Waals surface area contributed by atoms with Crippen molar-refractivity contribution < 1.29 is 9.90 Å². The molecule has 0 unspecified atom stereocenters. The Morgan fingerprint density at radius 2 is 1.93 bits per heavy atom. The molecule has 4 heteroatoms. The Balaban J connectivity index is 2.50. The Labute approximate surface area is 96.6 Å². The number of amides is 1. The van der Waals surface area contributed by atoms with Crippen LogP contribution >= 0.6 is 15.9 Å². The number of hydrogen-bond acceptors (Lipinski definition) is 2. The Bertz CT molecular complexity index is 389. The molecule has 0 saturated heterocycles. The molecule has 0 bridgehead atoms. The van der Waals surface area contributed by atoms with Crippen molar-refractivity contribution in [3.8, 4) is 10.8 Å². The first-order valence-electron chi connectivity index (χ1n) is 4.34. The number of aliphatic hydroxyl groups is 1. The van der Waals surface area contributed by atoms with Crippen LogP contribution in [-0.2, 0) is 17.9 Å². The van der Waals surface area contributed by atoms with Crippen molar-refractivity contribution in [1.29, 1.82) is 0 Å². The summed E-state index contributed by atoms with van der Waals surface area (Å²) in [4.78, 5) is 13.3. The third-order valence-electron chi connectivity index (χ3n) is 1.82. The van der Waals surface area contributed by atoms with Crippen LogP contribution in [0.1, 0.15) is 11.1 Å². The molecule has 0 spiro atoms. The molecule has 0 aliphatic heterocycles. The molecule has 0 radical (unpaired) electrons. The van der Waals surface area contributed by atoms with E-state index >= 15 is 0 Å². The average Bonchev–Trinajstić information content (AvgIpc) is 2.27. The van der Waals surface area contributed by atoms with Crippen molar-refractivity contribution in [3.63, 3.8) is 0 Å². The second-order valence-corrected chi connectivity index (χ2v) is 3.27. The van der Waals surface area contributed by atoms with E-state index in [0.29, 0.717) is 6.54 Å². The van der Waals surface area contributed by atoms with E-state index in [1.54, 1.807) is 0 Å². The van der Waals surface area contributed by atoms with Crippen LogP contribution in [0.3, 0.4) is 0 Å². The maximum absolute atomic E-state index is 11.0. The molecule has 1 aromatic carbocycles. The highest BCUT2D eigenvalue weighted by Gasteiger charge is 1.96.